The van der Waals surface area contributed by atoms with Crippen LogP contribution in [0.5, 0.6) is 5.75 Å². The number of rotatable bonds is 5. The average Bonchev–Trinajstić information content (AvgIpc) is 2.84. The van der Waals surface area contributed by atoms with Gasteiger partial charge in [-0.05, 0) is 30.7 Å². The normalized spacial score (nSPS) is 21.2. The summed E-state index contributed by atoms with van der Waals surface area (Å²) < 4.78 is 26.3. The lowest BCUT2D eigenvalue weighted by Crippen LogP contribution is -2.56. The highest BCUT2D eigenvalue weighted by atomic mass is 35.6. The smallest absolute Gasteiger partial charge is 0.252 e. The minimum absolute atomic E-state index is 0.0529. The fraction of sp³-hybridized carbons (Fsp3) is 0.500. The van der Waals surface area contributed by atoms with Crippen molar-refractivity contribution < 1.29 is 17.9 Å². The van der Waals surface area contributed by atoms with Crippen LogP contribution < -0.4 is 15.4 Å². The van der Waals surface area contributed by atoms with Crippen LogP contribution in [0.2, 0.25) is 0 Å². The van der Waals surface area contributed by atoms with E-state index in [1.54, 1.807) is 24.3 Å². The summed E-state index contributed by atoms with van der Waals surface area (Å²) in [4.78, 5) is 12.3. The number of benzene rings is 1. The third kappa shape index (κ3) is 5.39. The Morgan fingerprint density at radius 2 is 1.92 bits per heavy atom. The predicted octanol–water partition coefficient (Wildman–Crippen LogP) is 1.90. The average molecular weight is 416 g/mol. The molecule has 2 rings (SSSR count). The third-order valence-electron chi connectivity index (χ3n) is 3.59. The van der Waals surface area contributed by atoms with E-state index in [9.17, 15) is 13.2 Å². The Bertz CT molecular complexity index is 689. The Kier molecular flexibility index (Phi) is 6.25. The molecule has 134 valence electrons. The first kappa shape index (κ1) is 19.6. The van der Waals surface area contributed by atoms with Gasteiger partial charge in [0.25, 0.3) is 5.91 Å². The van der Waals surface area contributed by atoms with Crippen LogP contribution in [0, 0.1) is 0 Å². The van der Waals surface area contributed by atoms with Crippen molar-refractivity contribution in [3.8, 4) is 5.75 Å². The van der Waals surface area contributed by atoms with Gasteiger partial charge >= 0.3 is 0 Å². The lowest BCUT2D eigenvalue weighted by atomic mass is 10.2. The van der Waals surface area contributed by atoms with Crippen LogP contribution >= 0.6 is 34.8 Å². The summed E-state index contributed by atoms with van der Waals surface area (Å²) in [7, 11) is -1.57. The highest BCUT2D eigenvalue weighted by Crippen LogP contribution is 2.30. The highest BCUT2D eigenvalue weighted by Gasteiger charge is 2.38. The van der Waals surface area contributed by atoms with Crippen LogP contribution in [0.1, 0.15) is 16.8 Å². The van der Waals surface area contributed by atoms with E-state index in [0.717, 1.165) is 0 Å². The summed E-state index contributed by atoms with van der Waals surface area (Å²) in [5.41, 5.74) is 0.357. The number of halogens is 3. The van der Waals surface area contributed by atoms with Gasteiger partial charge in [-0.2, -0.15) is 0 Å². The minimum Gasteiger partial charge on any atom is -0.497 e. The Labute approximate surface area is 155 Å². The molecule has 1 aliphatic heterocycles. The SMILES string of the molecule is COc1ccc(C(=O)N[C@H](N[C@H]2CCS(=O)(=O)C2)C(Cl)(Cl)Cl)cc1. The van der Waals surface area contributed by atoms with Crippen LogP contribution in [0.4, 0.5) is 0 Å². The maximum atomic E-state index is 12.3. The van der Waals surface area contributed by atoms with Gasteiger partial charge in [0.05, 0.1) is 18.6 Å². The number of ether oxygens (including phenoxy) is 1. The molecule has 0 unspecified atom stereocenters. The first-order valence-corrected chi connectivity index (χ1v) is 10.0. The molecule has 24 heavy (non-hydrogen) atoms. The Hall–Kier alpha value is -0.730. The molecule has 1 saturated heterocycles. The molecule has 0 radical (unpaired) electrons. The zero-order valence-electron chi connectivity index (χ0n) is 12.8. The summed E-state index contributed by atoms with van der Waals surface area (Å²) >= 11 is 17.7. The van der Waals surface area contributed by atoms with Crippen LogP contribution in [0.3, 0.4) is 0 Å². The number of carbonyl (C=O) groups is 1. The van der Waals surface area contributed by atoms with E-state index in [4.69, 9.17) is 39.5 Å². The number of methoxy groups -OCH3 is 1. The molecule has 2 atom stereocenters. The first-order valence-electron chi connectivity index (χ1n) is 7.09. The van der Waals surface area contributed by atoms with Gasteiger partial charge < -0.3 is 10.1 Å². The van der Waals surface area contributed by atoms with Crippen molar-refractivity contribution >= 4 is 50.5 Å². The van der Waals surface area contributed by atoms with Crippen LogP contribution in [0.25, 0.3) is 0 Å². The topological polar surface area (TPSA) is 84.5 Å². The maximum Gasteiger partial charge on any atom is 0.252 e. The van der Waals surface area contributed by atoms with Crippen molar-refractivity contribution in [2.24, 2.45) is 0 Å². The second-order valence-electron chi connectivity index (χ2n) is 5.44. The second-order valence-corrected chi connectivity index (χ2v) is 10.0. The summed E-state index contributed by atoms with van der Waals surface area (Å²) in [6, 6.07) is 6.03. The fourth-order valence-electron chi connectivity index (χ4n) is 2.34. The molecule has 10 heteroatoms. The number of alkyl halides is 3. The summed E-state index contributed by atoms with van der Waals surface area (Å²) in [5.74, 6) is 0.174. The molecule has 1 aromatic rings. The molecule has 1 aromatic carbocycles. The van der Waals surface area contributed by atoms with E-state index in [0.29, 0.717) is 17.7 Å². The highest BCUT2D eigenvalue weighted by molar-refractivity contribution is 7.91. The van der Waals surface area contributed by atoms with Crippen LogP contribution in [-0.2, 0) is 9.84 Å². The molecule has 1 aliphatic rings. The molecule has 0 spiro atoms. The van der Waals surface area contributed by atoms with Crippen molar-refractivity contribution in [3.63, 3.8) is 0 Å². The zero-order chi connectivity index (χ0) is 18.0. The van der Waals surface area contributed by atoms with Gasteiger partial charge in [0, 0.05) is 11.6 Å². The fourth-order valence-corrected chi connectivity index (χ4v) is 4.38. The van der Waals surface area contributed by atoms with Gasteiger partial charge in [-0.25, -0.2) is 8.42 Å². The summed E-state index contributed by atoms with van der Waals surface area (Å²) in [6.45, 7) is 0. The second kappa shape index (κ2) is 7.66. The molecular formula is C14H17Cl3N2O4S. The van der Waals surface area contributed by atoms with Gasteiger partial charge in [-0.15, -0.1) is 0 Å². The molecule has 1 amide bonds. The molecule has 0 saturated carbocycles. The van der Waals surface area contributed by atoms with Gasteiger partial charge in [0.2, 0.25) is 3.79 Å². The molecule has 1 heterocycles. The van der Waals surface area contributed by atoms with Crippen molar-refractivity contribution in [1.29, 1.82) is 0 Å². The first-order chi connectivity index (χ1) is 11.1. The van der Waals surface area contributed by atoms with E-state index in [1.807, 2.05) is 0 Å². The lowest BCUT2D eigenvalue weighted by Gasteiger charge is -2.29. The van der Waals surface area contributed by atoms with Crippen molar-refractivity contribution in [3.05, 3.63) is 29.8 Å². The number of sulfone groups is 1. The van der Waals surface area contributed by atoms with Crippen molar-refractivity contribution in [2.75, 3.05) is 18.6 Å². The van der Waals surface area contributed by atoms with Gasteiger partial charge in [-0.3, -0.25) is 10.1 Å². The largest absolute Gasteiger partial charge is 0.497 e. The lowest BCUT2D eigenvalue weighted by molar-refractivity contribution is 0.0927. The van der Waals surface area contributed by atoms with E-state index in [2.05, 4.69) is 10.6 Å². The Morgan fingerprint density at radius 1 is 1.29 bits per heavy atom. The van der Waals surface area contributed by atoms with Crippen molar-refractivity contribution in [2.45, 2.75) is 22.4 Å². The van der Waals surface area contributed by atoms with E-state index < -0.39 is 25.7 Å². The molecule has 0 bridgehead atoms. The van der Waals surface area contributed by atoms with Gasteiger partial charge in [0.1, 0.15) is 11.9 Å². The molecule has 6 nitrogen and oxygen atoms in total. The minimum atomic E-state index is -3.09. The monoisotopic (exact) mass is 414 g/mol. The van der Waals surface area contributed by atoms with E-state index in [1.165, 1.54) is 7.11 Å². The van der Waals surface area contributed by atoms with E-state index >= 15 is 0 Å². The predicted molar refractivity (Wildman–Crippen MR) is 94.7 cm³/mol. The standard InChI is InChI=1S/C14H17Cl3N2O4S/c1-23-11-4-2-9(3-5-11)12(20)19-13(14(15,16)17)18-10-6-7-24(21,22)8-10/h2-5,10,13,18H,6-8H2,1H3,(H,19,20)/t10-,13-/m0/s1. The molecule has 0 aromatic heterocycles. The summed E-state index contributed by atoms with van der Waals surface area (Å²) in [6.07, 6.45) is -0.631. The van der Waals surface area contributed by atoms with Crippen LogP contribution in [0.15, 0.2) is 24.3 Å². The number of hydrogen-bond acceptors (Lipinski definition) is 5. The van der Waals surface area contributed by atoms with Gasteiger partial charge in [0.15, 0.2) is 9.84 Å². The molecular weight excluding hydrogens is 399 g/mol. The van der Waals surface area contributed by atoms with Gasteiger partial charge in [-0.1, -0.05) is 34.8 Å². The van der Waals surface area contributed by atoms with Crippen molar-refractivity contribution in [1.82, 2.24) is 10.6 Å². The molecule has 1 fully saturated rings. The number of amides is 1. The molecule has 2 N–H and O–H groups in total. The summed E-state index contributed by atoms with van der Waals surface area (Å²) in [5, 5.41) is 5.49. The third-order valence-corrected chi connectivity index (χ3v) is 6.01. The molecule has 0 aliphatic carbocycles. The Balaban J connectivity index is 2.06. The van der Waals surface area contributed by atoms with E-state index in [-0.39, 0.29) is 17.5 Å². The maximum absolute atomic E-state index is 12.3. The van der Waals surface area contributed by atoms with Crippen LogP contribution in [-0.4, -0.2) is 48.9 Å². The Morgan fingerprint density at radius 3 is 2.38 bits per heavy atom. The zero-order valence-corrected chi connectivity index (χ0v) is 15.8. The number of carbonyl (C=O) groups excluding carboxylic acids is 1. The number of hydrogen-bond donors (Lipinski definition) is 2. The number of nitrogens with one attached hydrogen (secondary N) is 2. The quantitative estimate of drug-likeness (QED) is 0.567.